The highest BCUT2D eigenvalue weighted by atomic mass is 16.6. The Bertz CT molecular complexity index is 777. The van der Waals surface area contributed by atoms with Gasteiger partial charge in [0, 0.05) is 24.7 Å². The molecule has 0 saturated heterocycles. The van der Waals surface area contributed by atoms with Crippen molar-refractivity contribution in [3.63, 3.8) is 0 Å². The molecule has 1 heterocycles. The summed E-state index contributed by atoms with van der Waals surface area (Å²) in [7, 11) is 0. The fourth-order valence-electron chi connectivity index (χ4n) is 2.25. The maximum Gasteiger partial charge on any atom is 0.285 e. The van der Waals surface area contributed by atoms with Crippen molar-refractivity contribution in [2.24, 2.45) is 0 Å². The topological polar surface area (TPSA) is 114 Å². The molecular weight excluding hydrogens is 324 g/mol. The Morgan fingerprint density at radius 3 is 2.64 bits per heavy atom. The Balaban J connectivity index is 1.84. The number of hydrogen-bond acceptors (Lipinski definition) is 5. The second kappa shape index (κ2) is 8.53. The lowest BCUT2D eigenvalue weighted by Gasteiger charge is -2.08. The molecule has 0 aliphatic heterocycles. The Kier molecular flexibility index (Phi) is 6.16. The number of amides is 2. The number of aryl methyl sites for hydroxylation is 1. The maximum absolute atomic E-state index is 12.1. The largest absolute Gasteiger partial charge is 0.351 e. The van der Waals surface area contributed by atoms with E-state index in [1.54, 1.807) is 37.4 Å². The third-order valence-corrected chi connectivity index (χ3v) is 3.50. The SMILES string of the molecule is Cc1cccc(C(=O)NCCC(=O)NCc2ccccn2)c1[N+](=O)[O-]. The van der Waals surface area contributed by atoms with Crippen molar-refractivity contribution in [1.82, 2.24) is 15.6 Å². The van der Waals surface area contributed by atoms with Gasteiger partial charge in [-0.3, -0.25) is 24.7 Å². The van der Waals surface area contributed by atoms with Gasteiger partial charge in [-0.2, -0.15) is 0 Å². The zero-order valence-electron chi connectivity index (χ0n) is 13.7. The van der Waals surface area contributed by atoms with Crippen LogP contribution < -0.4 is 10.6 Å². The summed E-state index contributed by atoms with van der Waals surface area (Å²) in [5, 5.41) is 16.3. The van der Waals surface area contributed by atoms with Crippen LogP contribution in [0.1, 0.15) is 28.0 Å². The van der Waals surface area contributed by atoms with Crippen molar-refractivity contribution in [3.8, 4) is 0 Å². The minimum Gasteiger partial charge on any atom is -0.351 e. The summed E-state index contributed by atoms with van der Waals surface area (Å²) in [6.07, 6.45) is 1.70. The van der Waals surface area contributed by atoms with E-state index in [9.17, 15) is 19.7 Å². The van der Waals surface area contributed by atoms with E-state index in [0.29, 0.717) is 12.1 Å². The molecule has 0 saturated carbocycles. The van der Waals surface area contributed by atoms with E-state index in [0.717, 1.165) is 5.69 Å². The van der Waals surface area contributed by atoms with Gasteiger partial charge in [0.2, 0.25) is 5.91 Å². The molecule has 0 radical (unpaired) electrons. The van der Waals surface area contributed by atoms with Crippen LogP contribution in [0.4, 0.5) is 5.69 Å². The summed E-state index contributed by atoms with van der Waals surface area (Å²) in [4.78, 5) is 38.5. The number of aromatic nitrogens is 1. The molecule has 0 aliphatic rings. The lowest BCUT2D eigenvalue weighted by atomic mass is 10.1. The van der Waals surface area contributed by atoms with Gasteiger partial charge in [0.05, 0.1) is 17.2 Å². The first-order valence-corrected chi connectivity index (χ1v) is 7.68. The van der Waals surface area contributed by atoms with Gasteiger partial charge in [-0.15, -0.1) is 0 Å². The Labute approximate surface area is 144 Å². The van der Waals surface area contributed by atoms with Crippen molar-refractivity contribution in [2.75, 3.05) is 6.54 Å². The average molecular weight is 342 g/mol. The maximum atomic E-state index is 12.1. The molecule has 2 rings (SSSR count). The highest BCUT2D eigenvalue weighted by Gasteiger charge is 2.22. The molecule has 0 bridgehead atoms. The highest BCUT2D eigenvalue weighted by molar-refractivity contribution is 5.98. The highest BCUT2D eigenvalue weighted by Crippen LogP contribution is 2.22. The zero-order valence-corrected chi connectivity index (χ0v) is 13.7. The molecule has 130 valence electrons. The van der Waals surface area contributed by atoms with E-state index in [4.69, 9.17) is 0 Å². The predicted octanol–water partition coefficient (Wildman–Crippen LogP) is 1.73. The van der Waals surface area contributed by atoms with Gasteiger partial charge in [-0.05, 0) is 25.1 Å². The molecule has 0 atom stereocenters. The minimum absolute atomic E-state index is 0.0149. The Morgan fingerprint density at radius 1 is 1.16 bits per heavy atom. The lowest BCUT2D eigenvalue weighted by Crippen LogP contribution is -2.31. The number of pyridine rings is 1. The molecule has 0 unspecified atom stereocenters. The number of hydrogen-bond donors (Lipinski definition) is 2. The van der Waals surface area contributed by atoms with Crippen LogP contribution in [0.15, 0.2) is 42.6 Å². The quantitative estimate of drug-likeness (QED) is 0.587. The van der Waals surface area contributed by atoms with Crippen LogP contribution in [0.3, 0.4) is 0 Å². The van der Waals surface area contributed by atoms with Gasteiger partial charge in [0.25, 0.3) is 11.6 Å². The number of nitrogens with zero attached hydrogens (tertiary/aromatic N) is 2. The number of nitro groups is 1. The van der Waals surface area contributed by atoms with Crippen molar-refractivity contribution in [3.05, 3.63) is 69.5 Å². The molecular formula is C17H18N4O4. The second-order valence-electron chi connectivity index (χ2n) is 5.33. The van der Waals surface area contributed by atoms with Crippen LogP contribution in [0, 0.1) is 17.0 Å². The number of nitro benzene ring substituents is 1. The number of nitrogens with one attached hydrogen (secondary N) is 2. The fraction of sp³-hybridized carbons (Fsp3) is 0.235. The first-order valence-electron chi connectivity index (χ1n) is 7.68. The molecule has 8 heteroatoms. The van der Waals surface area contributed by atoms with E-state index < -0.39 is 10.8 Å². The third-order valence-electron chi connectivity index (χ3n) is 3.50. The summed E-state index contributed by atoms with van der Waals surface area (Å²) in [5.74, 6) is -0.822. The third kappa shape index (κ3) is 5.10. The van der Waals surface area contributed by atoms with E-state index in [1.165, 1.54) is 6.07 Å². The van der Waals surface area contributed by atoms with Crippen molar-refractivity contribution >= 4 is 17.5 Å². The van der Waals surface area contributed by atoms with Gasteiger partial charge in [0.15, 0.2) is 0 Å². The predicted molar refractivity (Wildman–Crippen MR) is 90.9 cm³/mol. The summed E-state index contributed by atoms with van der Waals surface area (Å²) in [6.45, 7) is 1.95. The van der Waals surface area contributed by atoms with Crippen molar-refractivity contribution in [1.29, 1.82) is 0 Å². The van der Waals surface area contributed by atoms with E-state index in [-0.39, 0.29) is 30.1 Å². The average Bonchev–Trinajstić information content (AvgIpc) is 2.60. The van der Waals surface area contributed by atoms with E-state index >= 15 is 0 Å². The summed E-state index contributed by atoms with van der Waals surface area (Å²) < 4.78 is 0. The van der Waals surface area contributed by atoms with Crippen molar-refractivity contribution in [2.45, 2.75) is 19.9 Å². The number of rotatable bonds is 7. The number of benzene rings is 1. The van der Waals surface area contributed by atoms with Crippen LogP contribution in [0.25, 0.3) is 0 Å². The summed E-state index contributed by atoms with van der Waals surface area (Å²) in [6, 6.07) is 9.94. The molecule has 25 heavy (non-hydrogen) atoms. The van der Waals surface area contributed by atoms with E-state index in [2.05, 4.69) is 15.6 Å². The number of carbonyl (C=O) groups excluding carboxylic acids is 2. The van der Waals surface area contributed by atoms with Crippen molar-refractivity contribution < 1.29 is 14.5 Å². The molecule has 0 fully saturated rings. The van der Waals surface area contributed by atoms with Crippen LogP contribution in [0.5, 0.6) is 0 Å². The summed E-state index contributed by atoms with van der Waals surface area (Å²) >= 11 is 0. The Hall–Kier alpha value is -3.29. The molecule has 1 aromatic carbocycles. The van der Waals surface area contributed by atoms with Gasteiger partial charge < -0.3 is 10.6 Å². The fourth-order valence-corrected chi connectivity index (χ4v) is 2.25. The molecule has 8 nitrogen and oxygen atoms in total. The lowest BCUT2D eigenvalue weighted by molar-refractivity contribution is -0.385. The summed E-state index contributed by atoms with van der Waals surface area (Å²) in [5.41, 5.74) is 0.902. The second-order valence-corrected chi connectivity index (χ2v) is 5.33. The van der Waals surface area contributed by atoms with Crippen LogP contribution in [-0.2, 0) is 11.3 Å². The molecule has 0 aliphatic carbocycles. The smallest absolute Gasteiger partial charge is 0.285 e. The van der Waals surface area contributed by atoms with Gasteiger partial charge in [0.1, 0.15) is 5.56 Å². The first-order chi connectivity index (χ1) is 12.0. The van der Waals surface area contributed by atoms with Crippen LogP contribution in [-0.4, -0.2) is 28.3 Å². The minimum atomic E-state index is -0.580. The first kappa shape index (κ1) is 18.1. The molecule has 2 N–H and O–H groups in total. The molecule has 2 aromatic rings. The number of para-hydroxylation sites is 1. The van der Waals surface area contributed by atoms with Crippen LogP contribution in [0.2, 0.25) is 0 Å². The Morgan fingerprint density at radius 2 is 1.96 bits per heavy atom. The monoisotopic (exact) mass is 342 g/mol. The van der Waals surface area contributed by atoms with Gasteiger partial charge in [-0.1, -0.05) is 18.2 Å². The van der Waals surface area contributed by atoms with Gasteiger partial charge >= 0.3 is 0 Å². The molecule has 0 spiro atoms. The van der Waals surface area contributed by atoms with Crippen LogP contribution >= 0.6 is 0 Å². The zero-order chi connectivity index (χ0) is 18.2. The van der Waals surface area contributed by atoms with E-state index in [1.807, 2.05) is 6.07 Å². The number of carbonyl (C=O) groups is 2. The molecule has 1 aromatic heterocycles. The normalized spacial score (nSPS) is 10.1. The molecule has 2 amide bonds. The van der Waals surface area contributed by atoms with Gasteiger partial charge in [-0.25, -0.2) is 0 Å². The standard InChI is InChI=1S/C17H18N4O4/c1-12-5-4-7-14(16(12)21(24)25)17(23)19-10-8-15(22)20-11-13-6-2-3-9-18-13/h2-7,9H,8,10-11H2,1H3,(H,19,23)(H,20,22).